The molecule has 0 bridgehead atoms. The fourth-order valence-electron chi connectivity index (χ4n) is 2.74. The molecule has 7 heteroatoms. The van der Waals surface area contributed by atoms with E-state index in [-0.39, 0.29) is 47.5 Å². The number of Topliss-reactive ketones (excluding diaryl/α,β-unsaturated/α-hetero) is 2. The van der Waals surface area contributed by atoms with Crippen molar-refractivity contribution in [3.63, 3.8) is 0 Å². The van der Waals surface area contributed by atoms with Crippen molar-refractivity contribution in [2.24, 2.45) is 0 Å². The van der Waals surface area contributed by atoms with E-state index in [1.165, 1.54) is 6.92 Å². The summed E-state index contributed by atoms with van der Waals surface area (Å²) in [6.45, 7) is 1.46. The summed E-state index contributed by atoms with van der Waals surface area (Å²) >= 11 is 0. The number of nitrogens with two attached hydrogens (primary N) is 1. The Hall–Kier alpha value is -2.57. The highest BCUT2D eigenvalue weighted by atomic mass is 19.1. The third-order valence-electron chi connectivity index (χ3n) is 3.73. The Kier molecular flexibility index (Phi) is 2.99. The Morgan fingerprint density at radius 3 is 2.82 bits per heavy atom. The molecule has 0 unspecified atom stereocenters. The largest absolute Gasteiger partial charge is 0.398 e. The topological polar surface area (TPSA) is 95.1 Å². The molecule has 6 nitrogen and oxygen atoms in total. The lowest BCUT2D eigenvalue weighted by molar-refractivity contribution is -0.132. The first kappa shape index (κ1) is 13.1. The summed E-state index contributed by atoms with van der Waals surface area (Å²) in [6.07, 6.45) is -0.440. The van der Waals surface area contributed by atoms with Crippen molar-refractivity contribution in [3.8, 4) is 0 Å². The van der Waals surface area contributed by atoms with E-state index in [0.717, 1.165) is 16.7 Å². The lowest BCUT2D eigenvalue weighted by Crippen LogP contribution is -2.36. The Morgan fingerprint density at radius 1 is 1.41 bits per heavy atom. The highest BCUT2D eigenvalue weighted by molar-refractivity contribution is 6.03. The normalized spacial score (nSPS) is 22.9. The van der Waals surface area contributed by atoms with Crippen LogP contribution in [0.15, 0.2) is 16.9 Å². The van der Waals surface area contributed by atoms with Crippen molar-refractivity contribution >= 4 is 28.2 Å². The maximum absolute atomic E-state index is 13.4. The zero-order valence-corrected chi connectivity index (χ0v) is 11.9. The second-order valence-corrected chi connectivity index (χ2v) is 5.27. The third kappa shape index (κ3) is 2.18. The Morgan fingerprint density at radius 2 is 2.14 bits per heavy atom. The van der Waals surface area contributed by atoms with Crippen molar-refractivity contribution in [1.29, 1.82) is 0 Å². The number of rotatable bonds is 1. The van der Waals surface area contributed by atoms with Gasteiger partial charge in [-0.05, 0) is 19.4 Å². The average Bonchev–Trinajstić information content (AvgIpc) is 2.42. The van der Waals surface area contributed by atoms with E-state index in [2.05, 4.69) is 4.98 Å². The van der Waals surface area contributed by atoms with Crippen LogP contribution in [0.3, 0.4) is 0 Å². The van der Waals surface area contributed by atoms with Crippen LogP contribution < -0.4 is 11.3 Å². The van der Waals surface area contributed by atoms with Crippen molar-refractivity contribution in [1.82, 2.24) is 9.55 Å². The van der Waals surface area contributed by atoms with Crippen LogP contribution in [0, 0.1) is 12.7 Å². The fourth-order valence-corrected chi connectivity index (χ4v) is 2.74. The summed E-state index contributed by atoms with van der Waals surface area (Å²) in [7, 11) is 0. The van der Waals surface area contributed by atoms with E-state index >= 15 is 0 Å². The molecule has 2 N–H and O–H groups in total. The van der Waals surface area contributed by atoms with E-state index in [9.17, 15) is 18.8 Å². The maximum atomic E-state index is 13.4. The minimum absolute atomic E-state index is 0.0340. The van der Waals surface area contributed by atoms with Crippen LogP contribution in [-0.4, -0.2) is 21.1 Å². The molecule has 0 amide bonds. The van der Waals surface area contributed by atoms with Gasteiger partial charge >= 0.3 is 0 Å². The Balaban J connectivity index is 2.33. The second kappa shape index (κ2) is 5.01. The van der Waals surface area contributed by atoms with Gasteiger partial charge in [-0.25, -0.2) is 9.37 Å². The van der Waals surface area contributed by atoms with Gasteiger partial charge in [0.25, 0.3) is 5.56 Å². The molecule has 0 aliphatic heterocycles. The minimum Gasteiger partial charge on any atom is -0.398 e. The van der Waals surface area contributed by atoms with Crippen LogP contribution in [0.2, 0.25) is 0 Å². The van der Waals surface area contributed by atoms with E-state index in [1.807, 2.05) is 0 Å². The summed E-state index contributed by atoms with van der Waals surface area (Å²) in [5.41, 5.74) is 5.01. The van der Waals surface area contributed by atoms with Crippen LogP contribution in [0.5, 0.6) is 0 Å². The molecular weight excluding hydrogens is 289 g/mol. The van der Waals surface area contributed by atoms with Crippen LogP contribution in [0.1, 0.15) is 32.5 Å². The molecule has 1 heterocycles. The van der Waals surface area contributed by atoms with Crippen molar-refractivity contribution < 1.29 is 15.4 Å². The number of anilines is 1. The Labute approximate surface area is 126 Å². The van der Waals surface area contributed by atoms with Crippen molar-refractivity contribution in [2.75, 3.05) is 5.73 Å². The summed E-state index contributed by atoms with van der Waals surface area (Å²) < 4.78 is 22.8. The van der Waals surface area contributed by atoms with E-state index < -0.39 is 23.2 Å². The molecule has 1 fully saturated rings. The van der Waals surface area contributed by atoms with Crippen LogP contribution in [0.25, 0.3) is 10.9 Å². The molecule has 0 spiro atoms. The summed E-state index contributed by atoms with van der Waals surface area (Å²) in [6, 6.07) is 0.179. The number of hydrogen-bond donors (Lipinski definition) is 1. The van der Waals surface area contributed by atoms with Gasteiger partial charge in [0.15, 0.2) is 5.78 Å². The van der Waals surface area contributed by atoms with Gasteiger partial charge in [0.05, 0.1) is 24.7 Å². The zero-order valence-electron chi connectivity index (χ0n) is 12.9. The zero-order chi connectivity index (χ0) is 16.9. The number of aromatic nitrogens is 2. The van der Waals surface area contributed by atoms with Gasteiger partial charge in [0.1, 0.15) is 17.4 Å². The molecule has 0 radical (unpaired) electrons. The van der Waals surface area contributed by atoms with Gasteiger partial charge in [-0.3, -0.25) is 19.0 Å². The standard InChI is InChI=1S/C15H14FN3O3/c1-7-18-11-5-8(16)4-10(17)14(11)15(22)19(7)12-3-2-9(20)6-13(12)21/h4-5,12H,2-3,6,17H2,1H3/t12-/m0/s1/i12D. The first-order chi connectivity index (χ1) is 10.7. The summed E-state index contributed by atoms with van der Waals surface area (Å²) in [5.74, 6) is -1.43. The third-order valence-corrected chi connectivity index (χ3v) is 3.73. The molecule has 1 aliphatic carbocycles. The number of carbonyl (C=O) groups is 2. The number of carbonyl (C=O) groups excluding carboxylic acids is 2. The summed E-state index contributed by atoms with van der Waals surface area (Å²) in [5, 5.41) is -0.0340. The van der Waals surface area contributed by atoms with Gasteiger partial charge in [-0.15, -0.1) is 0 Å². The highest BCUT2D eigenvalue weighted by Gasteiger charge is 2.30. The highest BCUT2D eigenvalue weighted by Crippen LogP contribution is 2.25. The molecule has 1 atom stereocenters. The van der Waals surface area contributed by atoms with Gasteiger partial charge in [-0.2, -0.15) is 0 Å². The molecular formula is C15H14FN3O3. The number of ketones is 2. The number of nitrogen functional groups attached to an aromatic ring is 1. The predicted octanol–water partition coefficient (Wildman–Crippen LogP) is 1.29. The van der Waals surface area contributed by atoms with Gasteiger partial charge in [0.2, 0.25) is 0 Å². The minimum atomic E-state index is -1.89. The SMILES string of the molecule is [2H][C@]1(n2c(C)nc3cc(F)cc(N)c3c2=O)CCC(=O)CC1=O. The molecule has 22 heavy (non-hydrogen) atoms. The first-order valence-electron chi connectivity index (χ1n) is 7.28. The van der Waals surface area contributed by atoms with E-state index in [0.29, 0.717) is 0 Å². The lowest BCUT2D eigenvalue weighted by Gasteiger charge is -2.24. The van der Waals surface area contributed by atoms with Gasteiger partial charge < -0.3 is 5.73 Å². The van der Waals surface area contributed by atoms with Gasteiger partial charge in [0, 0.05) is 18.2 Å². The molecule has 1 saturated carbocycles. The van der Waals surface area contributed by atoms with Gasteiger partial charge in [-0.1, -0.05) is 0 Å². The van der Waals surface area contributed by atoms with Crippen LogP contribution in [0.4, 0.5) is 10.1 Å². The smallest absolute Gasteiger partial charge is 0.264 e. The van der Waals surface area contributed by atoms with Crippen LogP contribution in [-0.2, 0) is 9.59 Å². The average molecular weight is 304 g/mol. The predicted molar refractivity (Wildman–Crippen MR) is 78.0 cm³/mol. The molecule has 114 valence electrons. The number of nitrogens with zero attached hydrogens (tertiary/aromatic N) is 2. The number of hydrogen-bond acceptors (Lipinski definition) is 5. The van der Waals surface area contributed by atoms with Crippen molar-refractivity contribution in [3.05, 3.63) is 34.1 Å². The van der Waals surface area contributed by atoms with Crippen LogP contribution >= 0.6 is 0 Å². The Bertz CT molecular complexity index is 924. The van der Waals surface area contributed by atoms with E-state index in [1.54, 1.807) is 0 Å². The summed E-state index contributed by atoms with van der Waals surface area (Å²) in [4.78, 5) is 40.5. The number of halogens is 1. The number of aryl methyl sites for hydroxylation is 1. The van der Waals surface area contributed by atoms with E-state index in [4.69, 9.17) is 7.10 Å². The molecule has 1 aromatic heterocycles. The number of fused-ring (bicyclic) bond motifs is 1. The first-order valence-corrected chi connectivity index (χ1v) is 6.78. The second-order valence-electron chi connectivity index (χ2n) is 5.27. The lowest BCUT2D eigenvalue weighted by atomic mass is 9.92. The monoisotopic (exact) mass is 304 g/mol. The fraction of sp³-hybridized carbons (Fsp3) is 0.333. The quantitative estimate of drug-likeness (QED) is 0.632. The molecule has 1 aliphatic rings. The number of benzene rings is 1. The maximum Gasteiger partial charge on any atom is 0.264 e. The van der Waals surface area contributed by atoms with Crippen molar-refractivity contribution in [2.45, 2.75) is 32.2 Å². The molecule has 1 aromatic carbocycles. The molecule has 0 saturated heterocycles. The molecule has 3 rings (SSSR count). The molecule has 2 aromatic rings.